The van der Waals surface area contributed by atoms with E-state index in [1.54, 1.807) is 69.2 Å². The number of carbonyl (C=O) groups excluding carboxylic acids is 2. The Morgan fingerprint density at radius 1 is 0.618 bits per heavy atom. The minimum Gasteiger partial charge on any atom is -0.309 e. The van der Waals surface area contributed by atoms with Crippen LogP contribution in [0.15, 0.2) is 47.8 Å². The van der Waals surface area contributed by atoms with E-state index in [-0.39, 0.29) is 11.8 Å². The highest BCUT2D eigenvalue weighted by Gasteiger charge is 2.47. The molecule has 0 atom stereocenters. The molecule has 0 aromatic carbocycles. The lowest BCUT2D eigenvalue weighted by Crippen LogP contribution is -2.24. The van der Waals surface area contributed by atoms with Crippen molar-refractivity contribution < 1.29 is 9.59 Å². The lowest BCUT2D eigenvalue weighted by atomic mass is 10.1. The van der Waals surface area contributed by atoms with E-state index in [1.165, 1.54) is 0 Å². The van der Waals surface area contributed by atoms with E-state index < -0.39 is 0 Å². The zero-order valence-electron chi connectivity index (χ0n) is 18.7. The number of thiazole rings is 2. The molecule has 4 aromatic heterocycles. The van der Waals surface area contributed by atoms with Crippen molar-refractivity contribution in [3.05, 3.63) is 67.3 Å². The summed E-state index contributed by atoms with van der Waals surface area (Å²) in [4.78, 5) is 45.1. The molecule has 2 amide bonds. The first-order valence-electron chi connectivity index (χ1n) is 10.4. The van der Waals surface area contributed by atoms with Crippen LogP contribution in [0.1, 0.15) is 19.5 Å². The molecular weight excluding hydrogens is 505 g/mol. The van der Waals surface area contributed by atoms with Crippen molar-refractivity contribution in [3.63, 3.8) is 0 Å². The molecule has 0 radical (unpaired) electrons. The second kappa shape index (κ2) is 7.81. The highest BCUT2D eigenvalue weighted by atomic mass is 32.1. The summed E-state index contributed by atoms with van der Waals surface area (Å²) in [6, 6.07) is 8.02. The van der Waals surface area contributed by atoms with Crippen LogP contribution in [0.3, 0.4) is 0 Å². The van der Waals surface area contributed by atoms with Gasteiger partial charge in [0.2, 0.25) is 0 Å². The van der Waals surface area contributed by atoms with Gasteiger partial charge in [-0.05, 0) is 38.1 Å². The summed E-state index contributed by atoms with van der Waals surface area (Å²) in [6.45, 7) is 4.06. The molecule has 0 fully saturated rings. The molecule has 0 aliphatic carbocycles. The highest BCUT2D eigenvalue weighted by molar-refractivity contribution is 7.26. The number of carbonyl (C=O) groups is 2. The summed E-state index contributed by atoms with van der Waals surface area (Å²) >= 11 is 6.38. The Bertz CT molecular complexity index is 1560. The summed E-state index contributed by atoms with van der Waals surface area (Å²) in [5, 5.41) is 1.81. The highest BCUT2D eigenvalue weighted by Crippen LogP contribution is 2.48. The van der Waals surface area contributed by atoms with E-state index in [0.717, 1.165) is 39.3 Å². The van der Waals surface area contributed by atoms with Gasteiger partial charge in [-0.15, -0.1) is 45.3 Å². The SMILES string of the molecule is Cc1ccc(C2=C3C(=O)N(C)C(c4ccc(-c5cnc(-c6ncc(C)s6)s5)s4)=C3C(=O)N2C)s1. The molecule has 2 aliphatic rings. The van der Waals surface area contributed by atoms with Gasteiger partial charge in [0, 0.05) is 41.1 Å². The van der Waals surface area contributed by atoms with Gasteiger partial charge < -0.3 is 9.80 Å². The maximum absolute atomic E-state index is 13.3. The van der Waals surface area contributed by atoms with Crippen LogP contribution in [0, 0.1) is 13.8 Å². The number of thiophene rings is 2. The standard InChI is InChI=1S/C24H18N4O2S4/c1-11-5-6-14(31-11)19-17-18(24(30)27(19)3)20(28(4)23(17)29)15-8-7-13(33-15)16-10-26-22(34-16)21-25-9-12(2)32-21/h5-10H,1-4H3. The molecular formula is C24H18N4O2S4. The van der Waals surface area contributed by atoms with Gasteiger partial charge in [0.1, 0.15) is 0 Å². The van der Waals surface area contributed by atoms with E-state index in [9.17, 15) is 9.59 Å². The molecule has 2 aliphatic heterocycles. The molecule has 6 rings (SSSR count). The third-order valence-corrected chi connectivity index (χ3v) is 10.1. The number of amides is 2. The molecule has 6 nitrogen and oxygen atoms in total. The van der Waals surface area contributed by atoms with Crippen LogP contribution >= 0.6 is 45.3 Å². The molecule has 34 heavy (non-hydrogen) atoms. The Morgan fingerprint density at radius 2 is 1.18 bits per heavy atom. The van der Waals surface area contributed by atoms with Crippen molar-refractivity contribution in [3.8, 4) is 19.8 Å². The molecule has 0 saturated carbocycles. The first-order chi connectivity index (χ1) is 16.3. The number of hydrogen-bond acceptors (Lipinski definition) is 8. The fraction of sp³-hybridized carbons (Fsp3) is 0.167. The lowest BCUT2D eigenvalue weighted by molar-refractivity contribution is -0.123. The fourth-order valence-corrected chi connectivity index (χ4v) is 8.04. The molecule has 4 aromatic rings. The summed E-state index contributed by atoms with van der Waals surface area (Å²) in [5.41, 5.74) is 2.37. The van der Waals surface area contributed by atoms with Crippen molar-refractivity contribution in [1.82, 2.24) is 19.8 Å². The average Bonchev–Trinajstić information content (AvgIpc) is 3.62. The Kier molecular flexibility index (Phi) is 4.96. The number of nitrogens with zero attached hydrogens (tertiary/aromatic N) is 4. The van der Waals surface area contributed by atoms with Gasteiger partial charge >= 0.3 is 0 Å². The monoisotopic (exact) mass is 522 g/mol. The summed E-state index contributed by atoms with van der Waals surface area (Å²) in [7, 11) is 3.49. The van der Waals surface area contributed by atoms with Crippen LogP contribution in [0.4, 0.5) is 0 Å². The second-order valence-electron chi connectivity index (χ2n) is 8.06. The van der Waals surface area contributed by atoms with Crippen molar-refractivity contribution in [2.75, 3.05) is 14.1 Å². The summed E-state index contributed by atoms with van der Waals surface area (Å²) in [5.74, 6) is -0.282. The first-order valence-corrected chi connectivity index (χ1v) is 13.7. The van der Waals surface area contributed by atoms with Crippen molar-refractivity contribution >= 4 is 68.6 Å². The number of fused-ring (bicyclic) bond motifs is 1. The minimum absolute atomic E-state index is 0.141. The van der Waals surface area contributed by atoms with E-state index in [1.807, 2.05) is 50.5 Å². The topological polar surface area (TPSA) is 66.4 Å². The molecule has 10 heteroatoms. The second-order valence-corrected chi connectivity index (χ2v) is 12.7. The van der Waals surface area contributed by atoms with Gasteiger partial charge in [0.15, 0.2) is 10.0 Å². The van der Waals surface area contributed by atoms with E-state index in [2.05, 4.69) is 9.97 Å². The number of rotatable bonds is 4. The zero-order valence-corrected chi connectivity index (χ0v) is 22.0. The van der Waals surface area contributed by atoms with Crippen LogP contribution in [-0.4, -0.2) is 45.7 Å². The van der Waals surface area contributed by atoms with Crippen molar-refractivity contribution in [2.45, 2.75) is 13.8 Å². The molecule has 0 spiro atoms. The predicted molar refractivity (Wildman–Crippen MR) is 140 cm³/mol. The third-order valence-electron chi connectivity index (χ3n) is 5.80. The number of hydrogen-bond donors (Lipinski definition) is 0. The Hall–Kier alpha value is -2.92. The number of aryl methyl sites for hydroxylation is 2. The molecule has 170 valence electrons. The first kappa shape index (κ1) is 21.6. The van der Waals surface area contributed by atoms with Gasteiger partial charge in [0.25, 0.3) is 11.8 Å². The van der Waals surface area contributed by atoms with Gasteiger partial charge in [-0.25, -0.2) is 9.97 Å². The maximum atomic E-state index is 13.3. The molecule has 0 unspecified atom stereocenters. The molecule has 0 N–H and O–H groups in total. The fourth-order valence-electron chi connectivity index (χ4n) is 4.20. The van der Waals surface area contributed by atoms with Crippen LogP contribution in [0.2, 0.25) is 0 Å². The van der Waals surface area contributed by atoms with Gasteiger partial charge in [-0.2, -0.15) is 0 Å². The van der Waals surface area contributed by atoms with Gasteiger partial charge in [0.05, 0.1) is 37.2 Å². The van der Waals surface area contributed by atoms with Crippen molar-refractivity contribution in [2.24, 2.45) is 0 Å². The van der Waals surface area contributed by atoms with Crippen LogP contribution in [-0.2, 0) is 9.59 Å². The normalized spacial score (nSPS) is 16.0. The van der Waals surface area contributed by atoms with Gasteiger partial charge in [-0.1, -0.05) is 0 Å². The Balaban J connectivity index is 1.43. The Morgan fingerprint density at radius 3 is 1.76 bits per heavy atom. The van der Waals surface area contributed by atoms with E-state index in [4.69, 9.17) is 0 Å². The average molecular weight is 523 g/mol. The number of aromatic nitrogens is 2. The van der Waals surface area contributed by atoms with E-state index in [0.29, 0.717) is 22.5 Å². The predicted octanol–water partition coefficient (Wildman–Crippen LogP) is 5.74. The lowest BCUT2D eigenvalue weighted by Gasteiger charge is -2.18. The van der Waals surface area contributed by atoms with Crippen LogP contribution < -0.4 is 0 Å². The van der Waals surface area contributed by atoms with E-state index >= 15 is 0 Å². The zero-order chi connectivity index (χ0) is 23.7. The van der Waals surface area contributed by atoms with Crippen LogP contribution in [0.25, 0.3) is 31.2 Å². The third kappa shape index (κ3) is 3.17. The maximum Gasteiger partial charge on any atom is 0.261 e. The summed E-state index contributed by atoms with van der Waals surface area (Å²) < 4.78 is 0. The minimum atomic E-state index is -0.141. The molecule has 6 heterocycles. The largest absolute Gasteiger partial charge is 0.309 e. The van der Waals surface area contributed by atoms with Gasteiger partial charge in [-0.3, -0.25) is 9.59 Å². The number of likely N-dealkylation sites (N-methyl/N-ethyl adjacent to an activating group) is 2. The summed E-state index contributed by atoms with van der Waals surface area (Å²) in [6.07, 6.45) is 3.72. The van der Waals surface area contributed by atoms with Crippen LogP contribution in [0.5, 0.6) is 0 Å². The smallest absolute Gasteiger partial charge is 0.261 e. The molecule has 0 saturated heterocycles. The Labute approximate surface area is 212 Å². The van der Waals surface area contributed by atoms with Crippen molar-refractivity contribution in [1.29, 1.82) is 0 Å². The molecule has 0 bridgehead atoms. The quantitative estimate of drug-likeness (QED) is 0.343.